The Hall–Kier alpha value is -2.31. The molecule has 0 N–H and O–H groups in total. The van der Waals surface area contributed by atoms with Gasteiger partial charge in [0.05, 0.1) is 18.4 Å². The number of hydrogen-bond donors (Lipinski definition) is 0. The molecule has 4 rings (SSSR count). The minimum Gasteiger partial charge on any atom is -0.496 e. The molecular weight excluding hydrogens is 344 g/mol. The van der Waals surface area contributed by atoms with Crippen molar-refractivity contribution in [2.75, 3.05) is 12.9 Å². The molecule has 0 unspecified atom stereocenters. The Balaban J connectivity index is 1.85. The van der Waals surface area contributed by atoms with Crippen LogP contribution in [0.1, 0.15) is 5.56 Å². The van der Waals surface area contributed by atoms with Gasteiger partial charge in [-0.05, 0) is 18.2 Å². The van der Waals surface area contributed by atoms with Gasteiger partial charge in [-0.1, -0.05) is 53.7 Å². The predicted molar refractivity (Wildman–Crippen MR) is 96.1 cm³/mol. The van der Waals surface area contributed by atoms with E-state index < -0.39 is 0 Å². The molecule has 5 nitrogen and oxygen atoms in total. The van der Waals surface area contributed by atoms with Gasteiger partial charge < -0.3 is 4.74 Å². The van der Waals surface area contributed by atoms with Gasteiger partial charge in [0.25, 0.3) is 0 Å². The summed E-state index contributed by atoms with van der Waals surface area (Å²) in [7, 11) is 1.64. The summed E-state index contributed by atoms with van der Waals surface area (Å²) in [4.78, 5) is 0. The summed E-state index contributed by atoms with van der Waals surface area (Å²) >= 11 is 7.90. The Kier molecular flexibility index (Phi) is 4.00. The zero-order chi connectivity index (χ0) is 16.5. The molecule has 2 aromatic carbocycles. The number of hydrogen-bond acceptors (Lipinski definition) is 5. The van der Waals surface area contributed by atoms with Crippen molar-refractivity contribution in [3.8, 4) is 17.1 Å². The number of halogens is 1. The highest BCUT2D eigenvalue weighted by Gasteiger charge is 2.23. The highest BCUT2D eigenvalue weighted by Crippen LogP contribution is 2.33. The van der Waals surface area contributed by atoms with Crippen molar-refractivity contribution in [1.29, 1.82) is 0 Å². The molecule has 0 saturated carbocycles. The standard InChI is InChI=1S/C17H13ClN4OS/c1-23-15-9-5-3-7-12(15)16-19-20-17-22(16)21-14(10-24-17)11-6-2-4-8-13(11)18/h2-9H,10H2,1H3. The second-order valence-electron chi connectivity index (χ2n) is 5.13. The van der Waals surface area contributed by atoms with Crippen molar-refractivity contribution in [2.45, 2.75) is 5.16 Å². The van der Waals surface area contributed by atoms with Crippen LogP contribution in [0.2, 0.25) is 5.02 Å². The summed E-state index contributed by atoms with van der Waals surface area (Å²) in [5.41, 5.74) is 2.68. The van der Waals surface area contributed by atoms with Gasteiger partial charge in [0.2, 0.25) is 5.16 Å². The summed E-state index contributed by atoms with van der Waals surface area (Å²) in [5.74, 6) is 2.09. The number of para-hydroxylation sites is 1. The molecule has 1 aliphatic rings. The van der Waals surface area contributed by atoms with E-state index in [-0.39, 0.29) is 0 Å². The predicted octanol–water partition coefficient (Wildman–Crippen LogP) is 3.97. The van der Waals surface area contributed by atoms with E-state index in [1.807, 2.05) is 48.5 Å². The summed E-state index contributed by atoms with van der Waals surface area (Å²) in [6, 6.07) is 15.4. The summed E-state index contributed by atoms with van der Waals surface area (Å²) in [5, 5.41) is 14.7. The summed E-state index contributed by atoms with van der Waals surface area (Å²) < 4.78 is 7.19. The molecule has 0 atom stereocenters. The van der Waals surface area contributed by atoms with E-state index in [2.05, 4.69) is 10.2 Å². The van der Waals surface area contributed by atoms with E-state index >= 15 is 0 Å². The zero-order valence-corrected chi connectivity index (χ0v) is 14.4. The number of methoxy groups -OCH3 is 1. The first-order valence-corrected chi connectivity index (χ1v) is 8.68. The van der Waals surface area contributed by atoms with Crippen LogP contribution in [0.3, 0.4) is 0 Å². The van der Waals surface area contributed by atoms with Crippen molar-refractivity contribution >= 4 is 29.1 Å². The van der Waals surface area contributed by atoms with Crippen LogP contribution in [0.4, 0.5) is 0 Å². The number of aromatic nitrogens is 3. The van der Waals surface area contributed by atoms with Crippen LogP contribution in [0, 0.1) is 0 Å². The Morgan fingerprint density at radius 2 is 1.79 bits per heavy atom. The van der Waals surface area contributed by atoms with Gasteiger partial charge in [0.1, 0.15) is 5.75 Å². The van der Waals surface area contributed by atoms with Crippen LogP contribution in [0.5, 0.6) is 5.75 Å². The van der Waals surface area contributed by atoms with E-state index in [1.165, 1.54) is 0 Å². The Morgan fingerprint density at radius 1 is 1.04 bits per heavy atom. The molecule has 0 aliphatic carbocycles. The number of thioether (sulfide) groups is 1. The lowest BCUT2D eigenvalue weighted by Gasteiger charge is -2.15. The number of rotatable bonds is 3. The fraction of sp³-hybridized carbons (Fsp3) is 0.118. The third-order valence-electron chi connectivity index (χ3n) is 3.70. The van der Waals surface area contributed by atoms with Crippen LogP contribution >= 0.6 is 23.4 Å². The second-order valence-corrected chi connectivity index (χ2v) is 6.48. The SMILES string of the molecule is COc1ccccc1-c1nnc2n1N=C(c1ccccc1Cl)CS2. The van der Waals surface area contributed by atoms with Gasteiger partial charge in [0.15, 0.2) is 5.82 Å². The lowest BCUT2D eigenvalue weighted by atomic mass is 10.1. The molecule has 0 spiro atoms. The number of benzene rings is 2. The summed E-state index contributed by atoms with van der Waals surface area (Å²) in [6.07, 6.45) is 0. The van der Waals surface area contributed by atoms with Crippen molar-refractivity contribution in [3.63, 3.8) is 0 Å². The molecule has 0 fully saturated rings. The van der Waals surface area contributed by atoms with Gasteiger partial charge in [-0.2, -0.15) is 9.78 Å². The summed E-state index contributed by atoms with van der Waals surface area (Å²) in [6.45, 7) is 0. The molecule has 24 heavy (non-hydrogen) atoms. The van der Waals surface area contributed by atoms with Crippen molar-refractivity contribution in [1.82, 2.24) is 14.9 Å². The van der Waals surface area contributed by atoms with Crippen molar-refractivity contribution < 1.29 is 4.74 Å². The average molecular weight is 357 g/mol. The van der Waals surface area contributed by atoms with Crippen LogP contribution in [-0.2, 0) is 0 Å². The Morgan fingerprint density at radius 3 is 2.58 bits per heavy atom. The maximum atomic E-state index is 6.31. The monoisotopic (exact) mass is 356 g/mol. The van der Waals surface area contributed by atoms with E-state index in [1.54, 1.807) is 23.5 Å². The molecule has 0 saturated heterocycles. The Labute approximate surface area is 148 Å². The molecule has 2 heterocycles. The van der Waals surface area contributed by atoms with Crippen LogP contribution in [0.15, 0.2) is 58.8 Å². The molecular formula is C17H13ClN4OS. The Bertz CT molecular complexity index is 938. The van der Waals surface area contributed by atoms with Crippen LogP contribution < -0.4 is 4.74 Å². The van der Waals surface area contributed by atoms with Gasteiger partial charge in [-0.25, -0.2) is 0 Å². The van der Waals surface area contributed by atoms with Crippen LogP contribution in [0.25, 0.3) is 11.4 Å². The molecule has 3 aromatic rings. The quantitative estimate of drug-likeness (QED) is 0.712. The smallest absolute Gasteiger partial charge is 0.212 e. The van der Waals surface area contributed by atoms with E-state index in [4.69, 9.17) is 21.4 Å². The van der Waals surface area contributed by atoms with Crippen molar-refractivity contribution in [2.24, 2.45) is 5.10 Å². The third-order valence-corrected chi connectivity index (χ3v) is 4.96. The maximum absolute atomic E-state index is 6.31. The lowest BCUT2D eigenvalue weighted by Crippen LogP contribution is -2.14. The van der Waals surface area contributed by atoms with Gasteiger partial charge in [0, 0.05) is 16.3 Å². The first kappa shape index (κ1) is 15.2. The van der Waals surface area contributed by atoms with Gasteiger partial charge in [-0.15, -0.1) is 10.2 Å². The van der Waals surface area contributed by atoms with Crippen molar-refractivity contribution in [3.05, 3.63) is 59.1 Å². The number of nitrogens with zero attached hydrogens (tertiary/aromatic N) is 4. The third kappa shape index (κ3) is 2.57. The van der Waals surface area contributed by atoms with Gasteiger partial charge >= 0.3 is 0 Å². The van der Waals surface area contributed by atoms with E-state index in [9.17, 15) is 0 Å². The molecule has 1 aromatic heterocycles. The van der Waals surface area contributed by atoms with Crippen LogP contribution in [-0.4, -0.2) is 33.4 Å². The fourth-order valence-corrected chi connectivity index (χ4v) is 3.62. The molecule has 1 aliphatic heterocycles. The van der Waals surface area contributed by atoms with E-state index in [0.717, 1.165) is 27.7 Å². The fourth-order valence-electron chi connectivity index (χ4n) is 2.55. The van der Waals surface area contributed by atoms with Gasteiger partial charge in [-0.3, -0.25) is 0 Å². The molecule has 0 bridgehead atoms. The lowest BCUT2D eigenvalue weighted by molar-refractivity contribution is 0.416. The first-order valence-electron chi connectivity index (χ1n) is 7.32. The maximum Gasteiger partial charge on any atom is 0.212 e. The largest absolute Gasteiger partial charge is 0.496 e. The number of fused-ring (bicyclic) bond motifs is 1. The first-order chi connectivity index (χ1) is 11.8. The highest BCUT2D eigenvalue weighted by molar-refractivity contribution is 7.99. The molecule has 7 heteroatoms. The average Bonchev–Trinajstić information content (AvgIpc) is 3.05. The minimum atomic E-state index is 0.652. The highest BCUT2D eigenvalue weighted by atomic mass is 35.5. The topological polar surface area (TPSA) is 52.3 Å². The number of ether oxygens (including phenoxy) is 1. The zero-order valence-electron chi connectivity index (χ0n) is 12.8. The van der Waals surface area contributed by atoms with E-state index in [0.29, 0.717) is 16.6 Å². The normalized spacial score (nSPS) is 13.3. The molecule has 0 amide bonds. The minimum absolute atomic E-state index is 0.652. The molecule has 120 valence electrons. The second kappa shape index (κ2) is 6.30. The molecule has 0 radical (unpaired) electrons.